The third-order valence-corrected chi connectivity index (χ3v) is 2.08. The van der Waals surface area contributed by atoms with Crippen LogP contribution in [-0.4, -0.2) is 26.7 Å². The molecule has 0 aliphatic carbocycles. The average Bonchev–Trinajstić information content (AvgIpc) is 2.67. The van der Waals surface area contributed by atoms with Crippen LogP contribution in [0, 0.1) is 12.9 Å². The normalized spacial score (nSPS) is 9.71. The first-order valence-corrected chi connectivity index (χ1v) is 4.72. The number of alkyl halides is 1. The molecule has 0 amide bonds. The Hall–Kier alpha value is -2.05. The Balaban J connectivity index is 0.000000686. The zero-order chi connectivity index (χ0) is 13.0. The van der Waals surface area contributed by atoms with E-state index in [-0.39, 0.29) is 11.1 Å². The molecule has 2 rings (SSSR count). The molecule has 0 aliphatic rings. The van der Waals surface area contributed by atoms with E-state index in [1.165, 1.54) is 30.2 Å². The molecule has 0 saturated heterocycles. The SMILES string of the molecule is CF.Cc1nn(-c2cnn(C)c2F)ccc1=O. The number of aryl methyl sites for hydroxylation is 2. The van der Waals surface area contributed by atoms with E-state index >= 15 is 0 Å². The van der Waals surface area contributed by atoms with Crippen LogP contribution in [0.2, 0.25) is 0 Å². The van der Waals surface area contributed by atoms with Gasteiger partial charge in [-0.25, -0.2) is 9.36 Å². The van der Waals surface area contributed by atoms with Crippen LogP contribution in [0.4, 0.5) is 8.78 Å². The van der Waals surface area contributed by atoms with Crippen molar-refractivity contribution in [2.45, 2.75) is 6.92 Å². The Kier molecular flexibility index (Phi) is 4.08. The lowest BCUT2D eigenvalue weighted by atomic mass is 10.4. The molecular formula is C10H12F2N4O. The fourth-order valence-corrected chi connectivity index (χ4v) is 1.20. The van der Waals surface area contributed by atoms with E-state index in [9.17, 15) is 13.6 Å². The lowest BCUT2D eigenvalue weighted by Gasteiger charge is -2.02. The summed E-state index contributed by atoms with van der Waals surface area (Å²) >= 11 is 0. The highest BCUT2D eigenvalue weighted by molar-refractivity contribution is 5.25. The number of hydrogen-bond acceptors (Lipinski definition) is 3. The molecule has 92 valence electrons. The van der Waals surface area contributed by atoms with Crippen LogP contribution in [-0.2, 0) is 7.05 Å². The van der Waals surface area contributed by atoms with Crippen molar-refractivity contribution in [2.24, 2.45) is 7.05 Å². The smallest absolute Gasteiger partial charge is 0.237 e. The molecule has 0 spiro atoms. The minimum atomic E-state index is -0.495. The van der Waals surface area contributed by atoms with Gasteiger partial charge in [0.1, 0.15) is 11.4 Å². The first-order chi connectivity index (χ1) is 8.09. The topological polar surface area (TPSA) is 52.7 Å². The molecule has 0 unspecified atom stereocenters. The van der Waals surface area contributed by atoms with Gasteiger partial charge in [0.05, 0.1) is 13.4 Å². The molecule has 7 heteroatoms. The molecule has 2 aromatic rings. The largest absolute Gasteiger partial charge is 0.288 e. The summed E-state index contributed by atoms with van der Waals surface area (Å²) in [7, 11) is 1.99. The average molecular weight is 242 g/mol. The predicted molar refractivity (Wildman–Crippen MR) is 58.3 cm³/mol. The van der Waals surface area contributed by atoms with Gasteiger partial charge in [-0.3, -0.25) is 9.18 Å². The van der Waals surface area contributed by atoms with Crippen molar-refractivity contribution in [1.82, 2.24) is 19.6 Å². The summed E-state index contributed by atoms with van der Waals surface area (Å²) in [6.45, 7) is 1.58. The van der Waals surface area contributed by atoms with Crippen molar-refractivity contribution in [2.75, 3.05) is 7.18 Å². The molecule has 0 bridgehead atoms. The summed E-state index contributed by atoms with van der Waals surface area (Å²) in [6, 6.07) is 1.34. The van der Waals surface area contributed by atoms with E-state index in [0.29, 0.717) is 12.9 Å². The second-order valence-corrected chi connectivity index (χ2v) is 3.15. The van der Waals surface area contributed by atoms with Crippen molar-refractivity contribution in [3.63, 3.8) is 0 Å². The Bertz CT molecular complexity index is 562. The van der Waals surface area contributed by atoms with Crippen LogP contribution in [0.15, 0.2) is 23.3 Å². The first kappa shape index (κ1) is 13.0. The third kappa shape index (κ3) is 2.55. The fourth-order valence-electron chi connectivity index (χ4n) is 1.20. The number of hydrogen-bond donors (Lipinski definition) is 0. The third-order valence-electron chi connectivity index (χ3n) is 2.08. The zero-order valence-electron chi connectivity index (χ0n) is 9.69. The van der Waals surface area contributed by atoms with Crippen molar-refractivity contribution in [3.05, 3.63) is 40.3 Å². The van der Waals surface area contributed by atoms with Gasteiger partial charge in [-0.15, -0.1) is 0 Å². The van der Waals surface area contributed by atoms with E-state index in [1.54, 1.807) is 6.92 Å². The monoisotopic (exact) mass is 242 g/mol. The summed E-state index contributed by atoms with van der Waals surface area (Å²) < 4.78 is 25.3. The van der Waals surface area contributed by atoms with Gasteiger partial charge in [0, 0.05) is 19.3 Å². The van der Waals surface area contributed by atoms with Crippen molar-refractivity contribution in [1.29, 1.82) is 0 Å². The highest BCUT2D eigenvalue weighted by Crippen LogP contribution is 2.08. The lowest BCUT2D eigenvalue weighted by Crippen LogP contribution is -2.13. The van der Waals surface area contributed by atoms with Crippen LogP contribution in [0.3, 0.4) is 0 Å². The second-order valence-electron chi connectivity index (χ2n) is 3.15. The lowest BCUT2D eigenvalue weighted by molar-refractivity contribution is 0.496. The van der Waals surface area contributed by atoms with E-state index in [4.69, 9.17) is 0 Å². The Labute approximate surface area is 96.3 Å². The molecule has 2 aromatic heterocycles. The highest BCUT2D eigenvalue weighted by atomic mass is 19.1. The summed E-state index contributed by atoms with van der Waals surface area (Å²) in [4.78, 5) is 11.1. The molecule has 0 N–H and O–H groups in total. The minimum Gasteiger partial charge on any atom is -0.288 e. The van der Waals surface area contributed by atoms with Gasteiger partial charge in [0.2, 0.25) is 11.4 Å². The van der Waals surface area contributed by atoms with Gasteiger partial charge in [-0.05, 0) is 6.92 Å². The molecule has 17 heavy (non-hydrogen) atoms. The maximum absolute atomic E-state index is 13.4. The molecule has 0 aromatic carbocycles. The molecule has 0 aliphatic heterocycles. The van der Waals surface area contributed by atoms with Crippen LogP contribution in [0.25, 0.3) is 5.69 Å². The number of nitrogens with zero attached hydrogens (tertiary/aromatic N) is 4. The predicted octanol–water partition coefficient (Wildman–Crippen LogP) is 0.999. The molecule has 5 nitrogen and oxygen atoms in total. The van der Waals surface area contributed by atoms with E-state index in [2.05, 4.69) is 10.2 Å². The van der Waals surface area contributed by atoms with E-state index < -0.39 is 5.95 Å². The minimum absolute atomic E-state index is 0.171. The Morgan fingerprint density at radius 1 is 1.35 bits per heavy atom. The van der Waals surface area contributed by atoms with Crippen molar-refractivity contribution < 1.29 is 8.78 Å². The standard InChI is InChI=1S/C9H9FN4O.CH3F/c1-6-8(15)3-4-14(12-6)7-5-11-13(2)9(7)10;1-2/h3-5H,1-2H3;1H3. The van der Waals surface area contributed by atoms with E-state index in [1.807, 2.05) is 0 Å². The van der Waals surface area contributed by atoms with Crippen LogP contribution in [0.1, 0.15) is 5.69 Å². The second kappa shape index (κ2) is 5.33. The highest BCUT2D eigenvalue weighted by Gasteiger charge is 2.09. The van der Waals surface area contributed by atoms with E-state index in [0.717, 1.165) is 4.68 Å². The molecule has 0 radical (unpaired) electrons. The molecule has 0 fully saturated rings. The number of aromatic nitrogens is 4. The zero-order valence-corrected chi connectivity index (χ0v) is 9.69. The van der Waals surface area contributed by atoms with Gasteiger partial charge in [-0.2, -0.15) is 14.6 Å². The van der Waals surface area contributed by atoms with Crippen LogP contribution in [0.5, 0.6) is 0 Å². The summed E-state index contributed by atoms with van der Waals surface area (Å²) in [5, 5.41) is 7.68. The van der Waals surface area contributed by atoms with Crippen molar-refractivity contribution in [3.8, 4) is 5.69 Å². The van der Waals surface area contributed by atoms with Gasteiger partial charge < -0.3 is 0 Å². The molecule has 0 atom stereocenters. The summed E-state index contributed by atoms with van der Waals surface area (Å²) in [5.74, 6) is -0.495. The van der Waals surface area contributed by atoms with Crippen LogP contribution >= 0.6 is 0 Å². The quantitative estimate of drug-likeness (QED) is 0.749. The number of rotatable bonds is 1. The maximum atomic E-state index is 13.4. The van der Waals surface area contributed by atoms with Gasteiger partial charge in [0.25, 0.3) is 0 Å². The van der Waals surface area contributed by atoms with Gasteiger partial charge >= 0.3 is 0 Å². The van der Waals surface area contributed by atoms with Crippen LogP contribution < -0.4 is 5.43 Å². The Morgan fingerprint density at radius 2 is 2.00 bits per heavy atom. The Morgan fingerprint density at radius 3 is 2.47 bits per heavy atom. The first-order valence-electron chi connectivity index (χ1n) is 4.72. The van der Waals surface area contributed by atoms with Crippen molar-refractivity contribution >= 4 is 0 Å². The van der Waals surface area contributed by atoms with Gasteiger partial charge in [0.15, 0.2) is 0 Å². The summed E-state index contributed by atoms with van der Waals surface area (Å²) in [5.41, 5.74) is 0.372. The molecule has 0 saturated carbocycles. The number of halogens is 2. The fraction of sp³-hybridized carbons (Fsp3) is 0.300. The molecule has 2 heterocycles. The van der Waals surface area contributed by atoms with Gasteiger partial charge in [-0.1, -0.05) is 0 Å². The maximum Gasteiger partial charge on any atom is 0.237 e. The molecular weight excluding hydrogens is 230 g/mol. The summed E-state index contributed by atoms with van der Waals surface area (Å²) in [6.07, 6.45) is 2.77.